The predicted molar refractivity (Wildman–Crippen MR) is 24.8 cm³/mol. The Kier molecular flexibility index (Phi) is 1.62. The van der Waals surface area contributed by atoms with E-state index in [0.717, 1.165) is 6.54 Å². The summed E-state index contributed by atoms with van der Waals surface area (Å²) in [5, 5.41) is 0. The lowest BCUT2D eigenvalue weighted by molar-refractivity contribution is 0.0611. The van der Waals surface area contributed by atoms with Crippen LogP contribution in [0.2, 0.25) is 0 Å². The molecule has 1 aliphatic heterocycles. The van der Waals surface area contributed by atoms with Crippen LogP contribution < -0.4 is 5.48 Å². The van der Waals surface area contributed by atoms with E-state index in [0.29, 0.717) is 6.61 Å². The Balaban J connectivity index is 2.14. The van der Waals surface area contributed by atoms with Crippen molar-refractivity contribution in [3.05, 3.63) is 0 Å². The molecule has 1 fully saturated rings. The number of hydroxylamine groups is 1. The molecule has 0 aromatic rings. The molecule has 1 saturated heterocycles. The van der Waals surface area contributed by atoms with Crippen LogP contribution in [-0.2, 0) is 9.57 Å². The number of methoxy groups -OCH3 is 1. The third-order valence-electron chi connectivity index (χ3n) is 1.02. The third-order valence-corrected chi connectivity index (χ3v) is 1.02. The average molecular weight is 103 g/mol. The van der Waals surface area contributed by atoms with E-state index >= 15 is 0 Å². The summed E-state index contributed by atoms with van der Waals surface area (Å²) in [7, 11) is 1.68. The molecule has 3 heteroatoms. The quantitative estimate of drug-likeness (QED) is 0.487. The van der Waals surface area contributed by atoms with Gasteiger partial charge in [0.25, 0.3) is 0 Å². The van der Waals surface area contributed by atoms with E-state index in [1.165, 1.54) is 0 Å². The highest BCUT2D eigenvalue weighted by Crippen LogP contribution is 1.93. The minimum absolute atomic E-state index is 0.264. The fraction of sp³-hybridized carbons (Fsp3) is 1.00. The molecule has 1 heterocycles. The molecule has 1 N–H and O–H groups in total. The summed E-state index contributed by atoms with van der Waals surface area (Å²) in [6.07, 6.45) is 0.264. The zero-order valence-electron chi connectivity index (χ0n) is 4.31. The van der Waals surface area contributed by atoms with E-state index in [9.17, 15) is 0 Å². The molecule has 0 aliphatic carbocycles. The van der Waals surface area contributed by atoms with Gasteiger partial charge in [0.15, 0.2) is 0 Å². The van der Waals surface area contributed by atoms with Crippen LogP contribution in [0.3, 0.4) is 0 Å². The molecule has 0 amide bonds. The number of nitrogens with one attached hydrogen (secondary N) is 1. The normalized spacial score (nSPS) is 31.3. The van der Waals surface area contributed by atoms with Gasteiger partial charge in [0.1, 0.15) is 0 Å². The first-order valence-corrected chi connectivity index (χ1v) is 2.31. The van der Waals surface area contributed by atoms with Gasteiger partial charge in [-0.3, -0.25) is 4.84 Å². The zero-order chi connectivity index (χ0) is 5.11. The van der Waals surface area contributed by atoms with Gasteiger partial charge in [0.2, 0.25) is 0 Å². The summed E-state index contributed by atoms with van der Waals surface area (Å²) in [5.41, 5.74) is 2.70. The van der Waals surface area contributed by atoms with Crippen molar-refractivity contribution in [3.63, 3.8) is 0 Å². The first kappa shape index (κ1) is 5.03. The fourth-order valence-electron chi connectivity index (χ4n) is 0.514. The molecule has 1 rings (SSSR count). The first-order chi connectivity index (χ1) is 3.43. The summed E-state index contributed by atoms with van der Waals surface area (Å²) in [5.74, 6) is 0. The van der Waals surface area contributed by atoms with Crippen LogP contribution in [0.15, 0.2) is 0 Å². The monoisotopic (exact) mass is 103 g/mol. The lowest BCUT2D eigenvalue weighted by atomic mass is 10.4. The highest BCUT2D eigenvalue weighted by molar-refractivity contribution is 4.60. The zero-order valence-corrected chi connectivity index (χ0v) is 4.31. The Hall–Kier alpha value is -0.120. The average Bonchev–Trinajstić information content (AvgIpc) is 2.14. The van der Waals surface area contributed by atoms with Gasteiger partial charge < -0.3 is 4.74 Å². The molecule has 7 heavy (non-hydrogen) atoms. The van der Waals surface area contributed by atoms with E-state index in [1.54, 1.807) is 7.11 Å². The fourth-order valence-corrected chi connectivity index (χ4v) is 0.514. The van der Waals surface area contributed by atoms with Crippen molar-refractivity contribution in [2.45, 2.75) is 6.10 Å². The minimum atomic E-state index is 0.264. The van der Waals surface area contributed by atoms with Crippen LogP contribution >= 0.6 is 0 Å². The van der Waals surface area contributed by atoms with Crippen LogP contribution in [0.5, 0.6) is 0 Å². The van der Waals surface area contributed by atoms with E-state index in [-0.39, 0.29) is 6.10 Å². The van der Waals surface area contributed by atoms with Crippen LogP contribution in [-0.4, -0.2) is 26.4 Å². The maximum atomic E-state index is 4.92. The standard InChI is InChI=1S/C4H9NO2/c1-6-4-2-5-7-3-4/h4-5H,2-3H2,1H3. The van der Waals surface area contributed by atoms with E-state index in [1.807, 2.05) is 0 Å². The molecule has 0 spiro atoms. The van der Waals surface area contributed by atoms with Gasteiger partial charge in [-0.2, -0.15) is 5.48 Å². The highest BCUT2D eigenvalue weighted by atomic mass is 16.7. The van der Waals surface area contributed by atoms with Gasteiger partial charge in [0, 0.05) is 13.7 Å². The molecule has 0 aromatic heterocycles. The molecule has 1 aliphatic rings. The van der Waals surface area contributed by atoms with Gasteiger partial charge >= 0.3 is 0 Å². The Bertz CT molecular complexity index is 51.7. The molecule has 0 radical (unpaired) electrons. The van der Waals surface area contributed by atoms with Crippen molar-refractivity contribution < 1.29 is 9.57 Å². The van der Waals surface area contributed by atoms with Crippen molar-refractivity contribution in [2.24, 2.45) is 0 Å². The molecule has 1 unspecified atom stereocenters. The van der Waals surface area contributed by atoms with Crippen LogP contribution in [0.25, 0.3) is 0 Å². The van der Waals surface area contributed by atoms with E-state index < -0.39 is 0 Å². The second-order valence-electron chi connectivity index (χ2n) is 1.52. The van der Waals surface area contributed by atoms with Crippen LogP contribution in [0.1, 0.15) is 0 Å². The van der Waals surface area contributed by atoms with Crippen molar-refractivity contribution in [1.82, 2.24) is 5.48 Å². The highest BCUT2D eigenvalue weighted by Gasteiger charge is 2.12. The maximum Gasteiger partial charge on any atom is 0.0971 e. The van der Waals surface area contributed by atoms with Gasteiger partial charge in [-0.25, -0.2) is 0 Å². The van der Waals surface area contributed by atoms with Gasteiger partial charge in [-0.1, -0.05) is 0 Å². The van der Waals surface area contributed by atoms with Crippen LogP contribution in [0.4, 0.5) is 0 Å². The van der Waals surface area contributed by atoms with Gasteiger partial charge in [0.05, 0.1) is 12.7 Å². The van der Waals surface area contributed by atoms with Crippen molar-refractivity contribution in [1.29, 1.82) is 0 Å². The molecule has 0 bridgehead atoms. The summed E-state index contributed by atoms with van der Waals surface area (Å²) < 4.78 is 4.92. The Labute approximate surface area is 42.6 Å². The van der Waals surface area contributed by atoms with E-state index in [2.05, 4.69) is 5.48 Å². The minimum Gasteiger partial charge on any atom is -0.378 e. The lowest BCUT2D eigenvalue weighted by Gasteiger charge is -1.98. The molecule has 0 aromatic carbocycles. The summed E-state index contributed by atoms with van der Waals surface area (Å²) in [6.45, 7) is 1.49. The third kappa shape index (κ3) is 1.12. The molecule has 3 nitrogen and oxygen atoms in total. The Morgan fingerprint density at radius 3 is 3.00 bits per heavy atom. The van der Waals surface area contributed by atoms with Crippen molar-refractivity contribution in [3.8, 4) is 0 Å². The topological polar surface area (TPSA) is 30.5 Å². The first-order valence-electron chi connectivity index (χ1n) is 2.31. The van der Waals surface area contributed by atoms with Gasteiger partial charge in [-0.05, 0) is 0 Å². The second-order valence-corrected chi connectivity index (χ2v) is 1.52. The Morgan fingerprint density at radius 1 is 1.86 bits per heavy atom. The number of ether oxygens (including phenoxy) is 1. The number of rotatable bonds is 1. The molecule has 1 atom stereocenters. The van der Waals surface area contributed by atoms with E-state index in [4.69, 9.17) is 9.57 Å². The second kappa shape index (κ2) is 2.26. The molecular formula is C4H9NO2. The summed E-state index contributed by atoms with van der Waals surface area (Å²) in [6, 6.07) is 0. The maximum absolute atomic E-state index is 4.92. The molecular weight excluding hydrogens is 94.0 g/mol. The summed E-state index contributed by atoms with van der Waals surface area (Å²) >= 11 is 0. The van der Waals surface area contributed by atoms with Crippen molar-refractivity contribution >= 4 is 0 Å². The van der Waals surface area contributed by atoms with Crippen molar-refractivity contribution in [2.75, 3.05) is 20.3 Å². The lowest BCUT2D eigenvalue weighted by Crippen LogP contribution is -2.15. The Morgan fingerprint density at radius 2 is 2.71 bits per heavy atom. The predicted octanol–water partition coefficient (Wildman–Crippen LogP) is -0.464. The van der Waals surface area contributed by atoms with Crippen LogP contribution in [0, 0.1) is 0 Å². The molecule has 0 saturated carbocycles. The summed E-state index contributed by atoms with van der Waals surface area (Å²) in [4.78, 5) is 4.77. The van der Waals surface area contributed by atoms with Gasteiger partial charge in [-0.15, -0.1) is 0 Å². The molecule has 42 valence electrons. The smallest absolute Gasteiger partial charge is 0.0971 e. The SMILES string of the molecule is COC1CNOC1. The number of hydrogen-bond donors (Lipinski definition) is 1. The largest absolute Gasteiger partial charge is 0.378 e. The number of hydrogen-bond acceptors (Lipinski definition) is 3.